The third-order valence-electron chi connectivity index (χ3n) is 2.84. The third-order valence-corrected chi connectivity index (χ3v) is 2.84. The molecule has 0 aromatic carbocycles. The van der Waals surface area contributed by atoms with Gasteiger partial charge in [0.25, 0.3) is 5.91 Å². The van der Waals surface area contributed by atoms with Crippen molar-refractivity contribution in [1.82, 2.24) is 20.0 Å². The molecule has 0 aliphatic carbocycles. The van der Waals surface area contributed by atoms with Crippen LogP contribution >= 0.6 is 0 Å². The Kier molecular flexibility index (Phi) is 2.86. The number of nitrogens with one attached hydrogen (secondary N) is 2. The molecule has 2 N–H and O–H groups in total. The van der Waals surface area contributed by atoms with Gasteiger partial charge in [-0.2, -0.15) is 10.2 Å². The predicted octanol–water partition coefficient (Wildman–Crippen LogP) is 1.96. The van der Waals surface area contributed by atoms with Crippen molar-refractivity contribution in [2.75, 3.05) is 5.32 Å². The third kappa shape index (κ3) is 2.20. The minimum atomic E-state index is -0.304. The first kappa shape index (κ1) is 12.2. The summed E-state index contributed by atoms with van der Waals surface area (Å²) in [7, 11) is 1.77. The summed E-state index contributed by atoms with van der Waals surface area (Å²) in [6, 6.07) is 6.99. The van der Waals surface area contributed by atoms with Crippen LogP contribution in [0.15, 0.2) is 34.9 Å². The van der Waals surface area contributed by atoms with Crippen LogP contribution in [0.3, 0.4) is 0 Å². The van der Waals surface area contributed by atoms with Crippen molar-refractivity contribution in [3.05, 3.63) is 41.9 Å². The van der Waals surface area contributed by atoms with Crippen molar-refractivity contribution in [3.63, 3.8) is 0 Å². The lowest BCUT2D eigenvalue weighted by molar-refractivity contribution is 0.102. The van der Waals surface area contributed by atoms with Crippen molar-refractivity contribution in [3.8, 4) is 11.5 Å². The zero-order chi connectivity index (χ0) is 14.1. The van der Waals surface area contributed by atoms with Gasteiger partial charge in [0.05, 0.1) is 12.0 Å². The predicted molar refractivity (Wildman–Crippen MR) is 72.2 cm³/mol. The molecular formula is C13H13N5O2. The Labute approximate surface area is 114 Å². The molecule has 7 nitrogen and oxygen atoms in total. The molecule has 0 unspecified atom stereocenters. The number of hydrogen-bond acceptors (Lipinski definition) is 4. The van der Waals surface area contributed by atoms with E-state index in [1.165, 1.54) is 0 Å². The van der Waals surface area contributed by atoms with Gasteiger partial charge >= 0.3 is 0 Å². The zero-order valence-corrected chi connectivity index (χ0v) is 11.0. The van der Waals surface area contributed by atoms with Crippen LogP contribution in [0, 0.1) is 6.92 Å². The Morgan fingerprint density at radius 3 is 2.95 bits per heavy atom. The number of carbonyl (C=O) groups excluding carboxylic acids is 1. The van der Waals surface area contributed by atoms with Gasteiger partial charge in [0.15, 0.2) is 11.5 Å². The van der Waals surface area contributed by atoms with Crippen LogP contribution in [0.5, 0.6) is 0 Å². The number of rotatable bonds is 3. The molecule has 0 fully saturated rings. The lowest BCUT2D eigenvalue weighted by atomic mass is 10.3. The van der Waals surface area contributed by atoms with E-state index < -0.39 is 0 Å². The number of nitrogens with zero attached hydrogens (tertiary/aromatic N) is 3. The molecule has 3 aromatic rings. The molecule has 20 heavy (non-hydrogen) atoms. The Hall–Kier alpha value is -2.83. The SMILES string of the molecule is Cc1cc(NC(=O)c2cc(-c3ccco3)[nH]n2)n(C)n1. The second-order valence-electron chi connectivity index (χ2n) is 4.39. The quantitative estimate of drug-likeness (QED) is 0.762. The van der Waals surface area contributed by atoms with E-state index in [2.05, 4.69) is 20.6 Å². The average Bonchev–Trinajstić information content (AvgIpc) is 3.11. The average molecular weight is 271 g/mol. The zero-order valence-electron chi connectivity index (χ0n) is 11.0. The molecule has 0 saturated carbocycles. The molecule has 3 heterocycles. The lowest BCUT2D eigenvalue weighted by Crippen LogP contribution is -2.14. The lowest BCUT2D eigenvalue weighted by Gasteiger charge is -2.01. The van der Waals surface area contributed by atoms with Crippen LogP contribution in [0.1, 0.15) is 16.2 Å². The minimum absolute atomic E-state index is 0.287. The highest BCUT2D eigenvalue weighted by molar-refractivity contribution is 6.02. The fourth-order valence-electron chi connectivity index (χ4n) is 1.90. The fourth-order valence-corrected chi connectivity index (χ4v) is 1.90. The van der Waals surface area contributed by atoms with Crippen LogP contribution < -0.4 is 5.32 Å². The highest BCUT2D eigenvalue weighted by Gasteiger charge is 2.14. The smallest absolute Gasteiger partial charge is 0.277 e. The Balaban J connectivity index is 1.79. The Morgan fingerprint density at radius 2 is 2.30 bits per heavy atom. The topological polar surface area (TPSA) is 88.7 Å². The van der Waals surface area contributed by atoms with Crippen molar-refractivity contribution in [1.29, 1.82) is 0 Å². The van der Waals surface area contributed by atoms with Gasteiger partial charge in [0.2, 0.25) is 0 Å². The molecule has 0 aliphatic rings. The molecule has 3 rings (SSSR count). The number of aromatic amines is 1. The number of aromatic nitrogens is 4. The number of amides is 1. The normalized spacial score (nSPS) is 10.7. The number of aryl methyl sites for hydroxylation is 2. The van der Waals surface area contributed by atoms with E-state index >= 15 is 0 Å². The second-order valence-corrected chi connectivity index (χ2v) is 4.39. The largest absolute Gasteiger partial charge is 0.463 e. The maximum atomic E-state index is 12.1. The van der Waals surface area contributed by atoms with Gasteiger partial charge in [-0.15, -0.1) is 0 Å². The maximum Gasteiger partial charge on any atom is 0.277 e. The monoisotopic (exact) mass is 271 g/mol. The van der Waals surface area contributed by atoms with E-state index in [1.54, 1.807) is 42.3 Å². The van der Waals surface area contributed by atoms with Gasteiger partial charge in [-0.1, -0.05) is 0 Å². The van der Waals surface area contributed by atoms with E-state index in [1.807, 2.05) is 6.92 Å². The molecule has 0 spiro atoms. The molecule has 0 saturated heterocycles. The molecular weight excluding hydrogens is 258 g/mol. The second kappa shape index (κ2) is 4.69. The summed E-state index contributed by atoms with van der Waals surface area (Å²) in [6.45, 7) is 1.86. The molecule has 0 radical (unpaired) electrons. The van der Waals surface area contributed by atoms with Crippen LogP contribution in [0.2, 0.25) is 0 Å². The van der Waals surface area contributed by atoms with E-state index in [4.69, 9.17) is 4.42 Å². The highest BCUT2D eigenvalue weighted by atomic mass is 16.3. The highest BCUT2D eigenvalue weighted by Crippen LogP contribution is 2.18. The summed E-state index contributed by atoms with van der Waals surface area (Å²) < 4.78 is 6.84. The van der Waals surface area contributed by atoms with Gasteiger partial charge in [-0.05, 0) is 19.1 Å². The molecule has 102 valence electrons. The molecule has 0 aliphatic heterocycles. The number of anilines is 1. The van der Waals surface area contributed by atoms with E-state index in [-0.39, 0.29) is 11.6 Å². The number of furan rings is 1. The van der Waals surface area contributed by atoms with Crippen LogP contribution in [0.4, 0.5) is 5.82 Å². The first-order valence-corrected chi connectivity index (χ1v) is 6.05. The van der Waals surface area contributed by atoms with Crippen molar-refractivity contribution in [2.24, 2.45) is 7.05 Å². The van der Waals surface area contributed by atoms with Gasteiger partial charge in [-0.3, -0.25) is 14.6 Å². The van der Waals surface area contributed by atoms with Crippen LogP contribution in [0.25, 0.3) is 11.5 Å². The van der Waals surface area contributed by atoms with E-state index in [0.29, 0.717) is 17.3 Å². The summed E-state index contributed by atoms with van der Waals surface area (Å²) in [4.78, 5) is 12.1. The van der Waals surface area contributed by atoms with Crippen molar-refractivity contribution < 1.29 is 9.21 Å². The van der Waals surface area contributed by atoms with Gasteiger partial charge in [-0.25, -0.2) is 0 Å². The van der Waals surface area contributed by atoms with E-state index in [9.17, 15) is 4.79 Å². The first-order valence-electron chi connectivity index (χ1n) is 6.05. The molecule has 1 amide bonds. The maximum absolute atomic E-state index is 12.1. The van der Waals surface area contributed by atoms with E-state index in [0.717, 1.165) is 5.69 Å². The van der Waals surface area contributed by atoms with Crippen molar-refractivity contribution in [2.45, 2.75) is 6.92 Å². The van der Waals surface area contributed by atoms with Crippen molar-refractivity contribution >= 4 is 11.7 Å². The van der Waals surface area contributed by atoms with Crippen LogP contribution in [-0.4, -0.2) is 25.9 Å². The number of carbonyl (C=O) groups is 1. The number of hydrogen-bond donors (Lipinski definition) is 2. The van der Waals surface area contributed by atoms with Gasteiger partial charge < -0.3 is 9.73 Å². The summed E-state index contributed by atoms with van der Waals surface area (Å²) in [5, 5.41) is 13.7. The fraction of sp³-hybridized carbons (Fsp3) is 0.154. The van der Waals surface area contributed by atoms with Gasteiger partial charge in [0.1, 0.15) is 11.5 Å². The standard InChI is InChI=1S/C13H13N5O2/c1-8-6-12(18(2)17-8)14-13(19)10-7-9(15-16-10)11-4-3-5-20-11/h3-7H,1-2H3,(H,14,19)(H,15,16). The van der Waals surface area contributed by atoms with Gasteiger partial charge in [0, 0.05) is 19.2 Å². The minimum Gasteiger partial charge on any atom is -0.463 e. The summed E-state index contributed by atoms with van der Waals surface area (Å²) in [5.74, 6) is 0.949. The summed E-state index contributed by atoms with van der Waals surface area (Å²) in [5.41, 5.74) is 1.78. The van der Waals surface area contributed by atoms with Crippen LogP contribution in [-0.2, 0) is 7.05 Å². The summed E-state index contributed by atoms with van der Waals surface area (Å²) >= 11 is 0. The molecule has 3 aromatic heterocycles. The Morgan fingerprint density at radius 1 is 1.45 bits per heavy atom. The molecule has 0 atom stereocenters. The molecule has 7 heteroatoms. The molecule has 0 bridgehead atoms. The summed E-state index contributed by atoms with van der Waals surface area (Å²) in [6.07, 6.45) is 1.56. The number of H-pyrrole nitrogens is 1. The Bertz CT molecular complexity index is 739. The first-order chi connectivity index (χ1) is 9.63.